The van der Waals surface area contributed by atoms with Crippen LogP contribution in [0.3, 0.4) is 0 Å². The molecule has 1 atom stereocenters. The number of rotatable bonds is 5. The summed E-state index contributed by atoms with van der Waals surface area (Å²) in [5.74, 6) is 0.863. The summed E-state index contributed by atoms with van der Waals surface area (Å²) in [6, 6.07) is 15.7. The van der Waals surface area contributed by atoms with Crippen LogP contribution < -0.4 is 10.1 Å². The lowest BCUT2D eigenvalue weighted by molar-refractivity contribution is -0.119. The Morgan fingerprint density at radius 3 is 2.54 bits per heavy atom. The van der Waals surface area contributed by atoms with Gasteiger partial charge < -0.3 is 10.1 Å². The largest absolute Gasteiger partial charge is 0.454 e. The molecule has 1 heterocycles. The number of nitrogens with zero attached hydrogens (tertiary/aromatic N) is 2. The van der Waals surface area contributed by atoms with Crippen molar-refractivity contribution in [3.8, 4) is 11.5 Å². The van der Waals surface area contributed by atoms with Crippen LogP contribution >= 0.6 is 11.6 Å². The van der Waals surface area contributed by atoms with E-state index in [1.165, 1.54) is 0 Å². The Hall–Kier alpha value is -2.79. The molecule has 2 aromatic carbocycles. The molecule has 24 heavy (non-hydrogen) atoms. The number of nitrogens with one attached hydrogen (secondary N) is 1. The number of hydrogen-bond donors (Lipinski definition) is 1. The van der Waals surface area contributed by atoms with Gasteiger partial charge in [0, 0.05) is 12.4 Å². The lowest BCUT2D eigenvalue weighted by Crippen LogP contribution is -2.24. The summed E-state index contributed by atoms with van der Waals surface area (Å²) in [5.41, 5.74) is 0.571. The maximum Gasteiger partial charge on any atom is 0.249 e. The fourth-order valence-electron chi connectivity index (χ4n) is 2.17. The second kappa shape index (κ2) is 7.19. The van der Waals surface area contributed by atoms with Gasteiger partial charge >= 0.3 is 0 Å². The molecular weight excluding hydrogens is 326 g/mol. The van der Waals surface area contributed by atoms with Crippen LogP contribution in [0.1, 0.15) is 13.0 Å². The zero-order chi connectivity index (χ0) is 16.9. The molecule has 0 aliphatic heterocycles. The molecule has 6 heteroatoms. The van der Waals surface area contributed by atoms with Crippen molar-refractivity contribution in [2.24, 2.45) is 0 Å². The van der Waals surface area contributed by atoms with E-state index in [1.54, 1.807) is 54.3 Å². The molecule has 0 aliphatic rings. The lowest BCUT2D eigenvalue weighted by atomic mass is 10.2. The summed E-state index contributed by atoms with van der Waals surface area (Å²) >= 11 is 6.13. The van der Waals surface area contributed by atoms with Crippen molar-refractivity contribution in [2.45, 2.75) is 13.0 Å². The molecule has 0 saturated carbocycles. The number of ether oxygens (including phenoxy) is 1. The Labute approximate surface area is 144 Å². The van der Waals surface area contributed by atoms with E-state index >= 15 is 0 Å². The normalized spacial score (nSPS) is 11.8. The summed E-state index contributed by atoms with van der Waals surface area (Å²) < 4.78 is 7.43. The van der Waals surface area contributed by atoms with Gasteiger partial charge in [-0.25, -0.2) is 0 Å². The van der Waals surface area contributed by atoms with Crippen LogP contribution in [0.15, 0.2) is 67.0 Å². The summed E-state index contributed by atoms with van der Waals surface area (Å²) in [7, 11) is 0. The quantitative estimate of drug-likeness (QED) is 0.741. The molecule has 1 aromatic heterocycles. The second-order valence-corrected chi connectivity index (χ2v) is 5.59. The molecule has 3 aromatic rings. The molecule has 3 rings (SSSR count). The van der Waals surface area contributed by atoms with Crippen molar-refractivity contribution in [3.05, 3.63) is 72.0 Å². The van der Waals surface area contributed by atoms with Gasteiger partial charge in [0.1, 0.15) is 11.8 Å². The van der Waals surface area contributed by atoms with E-state index in [4.69, 9.17) is 16.3 Å². The van der Waals surface area contributed by atoms with E-state index in [-0.39, 0.29) is 5.91 Å². The minimum atomic E-state index is -0.437. The first-order valence-electron chi connectivity index (χ1n) is 7.46. The van der Waals surface area contributed by atoms with E-state index in [0.717, 1.165) is 0 Å². The molecule has 0 radical (unpaired) electrons. The minimum Gasteiger partial charge on any atom is -0.454 e. The van der Waals surface area contributed by atoms with Crippen molar-refractivity contribution in [2.75, 3.05) is 5.32 Å². The average molecular weight is 342 g/mol. The van der Waals surface area contributed by atoms with Gasteiger partial charge in [-0.05, 0) is 37.3 Å². The smallest absolute Gasteiger partial charge is 0.249 e. The number of aromatic nitrogens is 2. The molecule has 5 nitrogen and oxygen atoms in total. The molecule has 1 N–H and O–H groups in total. The maximum absolute atomic E-state index is 12.4. The van der Waals surface area contributed by atoms with Gasteiger partial charge in [-0.3, -0.25) is 9.48 Å². The first-order chi connectivity index (χ1) is 11.6. The van der Waals surface area contributed by atoms with Crippen LogP contribution in [0.5, 0.6) is 11.5 Å². The van der Waals surface area contributed by atoms with Crippen LogP contribution in [0.25, 0.3) is 0 Å². The third-order valence-electron chi connectivity index (χ3n) is 3.50. The second-order valence-electron chi connectivity index (χ2n) is 5.18. The number of carbonyl (C=O) groups excluding carboxylic acids is 1. The Bertz CT molecular complexity index is 834. The first kappa shape index (κ1) is 16.1. The van der Waals surface area contributed by atoms with E-state index < -0.39 is 6.04 Å². The Morgan fingerprint density at radius 2 is 1.83 bits per heavy atom. The number of carbonyl (C=O) groups is 1. The van der Waals surface area contributed by atoms with Gasteiger partial charge in [-0.2, -0.15) is 5.10 Å². The monoisotopic (exact) mass is 341 g/mol. The predicted octanol–water partition coefficient (Wildman–Crippen LogP) is 4.53. The minimum absolute atomic E-state index is 0.186. The number of halogens is 1. The highest BCUT2D eigenvalue weighted by molar-refractivity contribution is 6.32. The molecular formula is C18H16ClN3O2. The van der Waals surface area contributed by atoms with Crippen LogP contribution in [-0.4, -0.2) is 15.7 Å². The topological polar surface area (TPSA) is 56.1 Å². The van der Waals surface area contributed by atoms with E-state index in [2.05, 4.69) is 10.4 Å². The standard InChI is InChI=1S/C18H16ClN3O2/c1-13(22-12-6-11-20-22)18(23)21-15-8-3-5-10-17(15)24-16-9-4-2-7-14(16)19/h2-13H,1H3,(H,21,23). The van der Waals surface area contributed by atoms with Crippen LogP contribution in [0.2, 0.25) is 5.02 Å². The van der Waals surface area contributed by atoms with Crippen molar-refractivity contribution < 1.29 is 9.53 Å². The zero-order valence-corrected chi connectivity index (χ0v) is 13.8. The molecule has 0 aliphatic carbocycles. The highest BCUT2D eigenvalue weighted by Crippen LogP contribution is 2.33. The number of benzene rings is 2. The molecule has 0 saturated heterocycles. The molecule has 1 unspecified atom stereocenters. The van der Waals surface area contributed by atoms with Crippen molar-refractivity contribution in [3.63, 3.8) is 0 Å². The van der Waals surface area contributed by atoms with E-state index in [9.17, 15) is 4.79 Å². The first-order valence-corrected chi connectivity index (χ1v) is 7.84. The molecule has 0 fully saturated rings. The lowest BCUT2D eigenvalue weighted by Gasteiger charge is -2.16. The van der Waals surface area contributed by atoms with Crippen molar-refractivity contribution >= 4 is 23.2 Å². The molecule has 1 amide bonds. The van der Waals surface area contributed by atoms with Gasteiger partial charge in [0.15, 0.2) is 5.75 Å². The molecule has 122 valence electrons. The van der Waals surface area contributed by atoms with Crippen LogP contribution in [0.4, 0.5) is 5.69 Å². The van der Waals surface area contributed by atoms with Gasteiger partial charge in [0.2, 0.25) is 5.91 Å². The van der Waals surface area contributed by atoms with Gasteiger partial charge in [-0.1, -0.05) is 35.9 Å². The number of hydrogen-bond acceptors (Lipinski definition) is 3. The Morgan fingerprint density at radius 1 is 1.12 bits per heavy atom. The molecule has 0 bridgehead atoms. The number of anilines is 1. The average Bonchev–Trinajstić information content (AvgIpc) is 3.12. The van der Waals surface area contributed by atoms with Gasteiger partial charge in [0.05, 0.1) is 10.7 Å². The predicted molar refractivity (Wildman–Crippen MR) is 93.5 cm³/mol. The number of para-hydroxylation sites is 3. The summed E-state index contributed by atoms with van der Waals surface area (Å²) in [5, 5.41) is 7.46. The van der Waals surface area contributed by atoms with Crippen molar-refractivity contribution in [1.29, 1.82) is 0 Å². The highest BCUT2D eigenvalue weighted by atomic mass is 35.5. The summed E-state index contributed by atoms with van der Waals surface area (Å²) in [6.07, 6.45) is 3.38. The molecule has 0 spiro atoms. The highest BCUT2D eigenvalue weighted by Gasteiger charge is 2.17. The third-order valence-corrected chi connectivity index (χ3v) is 3.81. The van der Waals surface area contributed by atoms with Gasteiger partial charge in [-0.15, -0.1) is 0 Å². The third kappa shape index (κ3) is 3.58. The van der Waals surface area contributed by atoms with Crippen LogP contribution in [-0.2, 0) is 4.79 Å². The Kier molecular flexibility index (Phi) is 4.82. The summed E-state index contributed by atoms with van der Waals surface area (Å²) in [4.78, 5) is 12.4. The fraction of sp³-hybridized carbons (Fsp3) is 0.111. The van der Waals surface area contributed by atoms with Crippen molar-refractivity contribution in [1.82, 2.24) is 9.78 Å². The van der Waals surface area contributed by atoms with E-state index in [0.29, 0.717) is 22.2 Å². The fourth-order valence-corrected chi connectivity index (χ4v) is 2.35. The zero-order valence-electron chi connectivity index (χ0n) is 13.0. The maximum atomic E-state index is 12.4. The van der Waals surface area contributed by atoms with Crippen LogP contribution in [0, 0.1) is 0 Å². The van der Waals surface area contributed by atoms with Gasteiger partial charge in [0.25, 0.3) is 0 Å². The summed E-state index contributed by atoms with van der Waals surface area (Å²) in [6.45, 7) is 1.78. The SMILES string of the molecule is CC(C(=O)Nc1ccccc1Oc1ccccc1Cl)n1cccn1. The number of amides is 1. The van der Waals surface area contributed by atoms with E-state index in [1.807, 2.05) is 24.3 Å². The Balaban J connectivity index is 1.79.